The van der Waals surface area contributed by atoms with Crippen molar-refractivity contribution in [1.82, 2.24) is 4.90 Å². The zero-order valence-electron chi connectivity index (χ0n) is 11.4. The molecule has 0 radical (unpaired) electrons. The monoisotopic (exact) mass is 261 g/mol. The third-order valence-corrected chi connectivity index (χ3v) is 4.15. The maximum Gasteiger partial charge on any atom is 0.130 e. The molecular weight excluding hydrogens is 241 g/mol. The number of ether oxygens (including phenoxy) is 1. The minimum absolute atomic E-state index is 0.130. The molecule has 0 atom stereocenters. The Balaban J connectivity index is 1.87. The third kappa shape index (κ3) is 2.52. The molecule has 1 aliphatic carbocycles. The topological polar surface area (TPSA) is 12.5 Å². The lowest BCUT2D eigenvalue weighted by molar-refractivity contribution is 0.364. The molecule has 2 aliphatic rings. The molecule has 1 heterocycles. The molecule has 0 unspecified atom stereocenters. The normalized spacial score (nSPS) is 19.2. The minimum Gasteiger partial charge on any atom is -0.496 e. The second-order valence-electron chi connectivity index (χ2n) is 5.43. The molecule has 1 aliphatic heterocycles. The van der Waals surface area contributed by atoms with Crippen molar-refractivity contribution >= 4 is 6.08 Å². The van der Waals surface area contributed by atoms with Gasteiger partial charge in [-0.3, -0.25) is 4.90 Å². The quantitative estimate of drug-likeness (QED) is 0.828. The van der Waals surface area contributed by atoms with Crippen molar-refractivity contribution in [3.8, 4) is 5.75 Å². The second-order valence-corrected chi connectivity index (χ2v) is 5.43. The molecular formula is C16H20FNO. The molecule has 1 aromatic rings. The van der Waals surface area contributed by atoms with E-state index in [2.05, 4.69) is 4.90 Å². The fourth-order valence-corrected chi connectivity index (χ4v) is 3.14. The van der Waals surface area contributed by atoms with Gasteiger partial charge in [0.1, 0.15) is 11.6 Å². The molecule has 0 amide bonds. The van der Waals surface area contributed by atoms with Gasteiger partial charge >= 0.3 is 0 Å². The first-order valence-corrected chi connectivity index (χ1v) is 7.05. The van der Waals surface area contributed by atoms with Crippen LogP contribution in [0.4, 0.5) is 4.39 Å². The summed E-state index contributed by atoms with van der Waals surface area (Å²) in [6.07, 6.45) is 6.53. The van der Waals surface area contributed by atoms with E-state index in [9.17, 15) is 4.39 Å². The van der Waals surface area contributed by atoms with Crippen LogP contribution >= 0.6 is 0 Å². The average Bonchev–Trinajstić information content (AvgIpc) is 2.93. The predicted octanol–water partition coefficient (Wildman–Crippen LogP) is 3.26. The van der Waals surface area contributed by atoms with Crippen molar-refractivity contribution in [2.45, 2.75) is 25.7 Å². The Bertz CT molecular complexity index is 504. The Morgan fingerprint density at radius 2 is 2.00 bits per heavy atom. The summed E-state index contributed by atoms with van der Waals surface area (Å²) < 4.78 is 19.3. The van der Waals surface area contributed by atoms with Crippen LogP contribution in [0.3, 0.4) is 0 Å². The summed E-state index contributed by atoms with van der Waals surface area (Å²) in [5, 5.41) is 0. The molecule has 0 spiro atoms. The number of halogens is 1. The number of rotatable bonds is 3. The fourth-order valence-electron chi connectivity index (χ4n) is 3.14. The summed E-state index contributed by atoms with van der Waals surface area (Å²) in [7, 11) is 1.65. The zero-order valence-corrected chi connectivity index (χ0v) is 11.4. The van der Waals surface area contributed by atoms with Crippen molar-refractivity contribution in [2.75, 3.05) is 26.7 Å². The van der Waals surface area contributed by atoms with Crippen molar-refractivity contribution in [1.29, 1.82) is 0 Å². The van der Waals surface area contributed by atoms with Crippen LogP contribution in [0.5, 0.6) is 5.75 Å². The van der Waals surface area contributed by atoms with E-state index in [0.717, 1.165) is 36.3 Å². The first-order valence-electron chi connectivity index (χ1n) is 7.05. The second kappa shape index (κ2) is 5.33. The van der Waals surface area contributed by atoms with Gasteiger partial charge in [0, 0.05) is 17.7 Å². The molecule has 3 rings (SSSR count). The van der Waals surface area contributed by atoms with Gasteiger partial charge in [0.15, 0.2) is 0 Å². The first kappa shape index (κ1) is 12.7. The van der Waals surface area contributed by atoms with Gasteiger partial charge in [-0.05, 0) is 50.9 Å². The molecule has 0 N–H and O–H groups in total. The largest absolute Gasteiger partial charge is 0.496 e. The van der Waals surface area contributed by atoms with Crippen molar-refractivity contribution in [2.24, 2.45) is 0 Å². The molecule has 0 aromatic heterocycles. The molecule has 0 saturated carbocycles. The number of methoxy groups -OCH3 is 1. The van der Waals surface area contributed by atoms with Gasteiger partial charge in [-0.25, -0.2) is 4.39 Å². The molecule has 1 saturated heterocycles. The van der Waals surface area contributed by atoms with Crippen LogP contribution in [0.2, 0.25) is 0 Å². The van der Waals surface area contributed by atoms with Gasteiger partial charge in [0.25, 0.3) is 0 Å². The predicted molar refractivity (Wildman–Crippen MR) is 74.9 cm³/mol. The number of nitrogens with zero attached hydrogens (tertiary/aromatic N) is 1. The van der Waals surface area contributed by atoms with Crippen molar-refractivity contribution in [3.05, 3.63) is 34.6 Å². The standard InChI is InChI=1S/C16H20FNO/c1-19-16-7-6-15(17)14-10-12(4-5-13(14)16)11-18-8-2-3-9-18/h6-7,10H,2-5,8-9,11H2,1H3. The summed E-state index contributed by atoms with van der Waals surface area (Å²) in [5.74, 6) is 0.683. The van der Waals surface area contributed by atoms with Crippen LogP contribution in [0.1, 0.15) is 30.4 Å². The van der Waals surface area contributed by atoms with Crippen molar-refractivity contribution in [3.63, 3.8) is 0 Å². The van der Waals surface area contributed by atoms with Crippen LogP contribution in [0.15, 0.2) is 17.7 Å². The van der Waals surface area contributed by atoms with Gasteiger partial charge in [0.05, 0.1) is 7.11 Å². The van der Waals surface area contributed by atoms with Crippen LogP contribution in [0.25, 0.3) is 6.08 Å². The van der Waals surface area contributed by atoms with Crippen LogP contribution < -0.4 is 4.74 Å². The number of hydrogen-bond donors (Lipinski definition) is 0. The maximum absolute atomic E-state index is 14.0. The molecule has 1 aromatic carbocycles. The molecule has 102 valence electrons. The Hall–Kier alpha value is -1.35. The molecule has 1 fully saturated rings. The van der Waals surface area contributed by atoms with E-state index in [1.54, 1.807) is 13.2 Å². The molecule has 0 bridgehead atoms. The summed E-state index contributed by atoms with van der Waals surface area (Å²) in [4.78, 5) is 2.47. The lowest BCUT2D eigenvalue weighted by Crippen LogP contribution is -2.23. The highest BCUT2D eigenvalue weighted by Gasteiger charge is 2.20. The Kier molecular flexibility index (Phi) is 3.56. The molecule has 2 nitrogen and oxygen atoms in total. The van der Waals surface area contributed by atoms with Gasteiger partial charge in [-0.1, -0.05) is 11.6 Å². The number of hydrogen-bond acceptors (Lipinski definition) is 2. The van der Waals surface area contributed by atoms with E-state index in [1.165, 1.54) is 37.6 Å². The van der Waals surface area contributed by atoms with Crippen LogP contribution in [-0.4, -0.2) is 31.6 Å². The highest BCUT2D eigenvalue weighted by Crippen LogP contribution is 2.33. The van der Waals surface area contributed by atoms with E-state index in [0.29, 0.717) is 0 Å². The van der Waals surface area contributed by atoms with E-state index in [-0.39, 0.29) is 5.82 Å². The number of likely N-dealkylation sites (tertiary alicyclic amines) is 1. The Morgan fingerprint density at radius 1 is 1.21 bits per heavy atom. The Morgan fingerprint density at radius 3 is 2.74 bits per heavy atom. The molecule has 19 heavy (non-hydrogen) atoms. The van der Waals surface area contributed by atoms with E-state index in [1.807, 2.05) is 6.08 Å². The highest BCUT2D eigenvalue weighted by atomic mass is 19.1. The molecule has 3 heteroatoms. The Labute approximate surface area is 113 Å². The fraction of sp³-hybridized carbons (Fsp3) is 0.500. The van der Waals surface area contributed by atoms with Gasteiger partial charge in [-0.15, -0.1) is 0 Å². The van der Waals surface area contributed by atoms with Crippen LogP contribution in [-0.2, 0) is 6.42 Å². The van der Waals surface area contributed by atoms with Crippen LogP contribution in [0, 0.1) is 5.82 Å². The lowest BCUT2D eigenvalue weighted by Gasteiger charge is -2.23. The maximum atomic E-state index is 14.0. The average molecular weight is 261 g/mol. The first-order chi connectivity index (χ1) is 9.28. The van der Waals surface area contributed by atoms with Gasteiger partial charge in [-0.2, -0.15) is 0 Å². The summed E-state index contributed by atoms with van der Waals surface area (Å²) in [6, 6.07) is 3.24. The lowest BCUT2D eigenvalue weighted by atomic mass is 9.91. The third-order valence-electron chi connectivity index (χ3n) is 4.15. The SMILES string of the molecule is COc1ccc(F)c2c1CCC(CN1CCCC1)=C2. The van der Waals surface area contributed by atoms with E-state index < -0.39 is 0 Å². The smallest absolute Gasteiger partial charge is 0.130 e. The minimum atomic E-state index is -0.130. The van der Waals surface area contributed by atoms with Crippen molar-refractivity contribution < 1.29 is 9.13 Å². The highest BCUT2D eigenvalue weighted by molar-refractivity contribution is 5.63. The summed E-state index contributed by atoms with van der Waals surface area (Å²) >= 11 is 0. The summed E-state index contributed by atoms with van der Waals surface area (Å²) in [6.45, 7) is 3.37. The van der Waals surface area contributed by atoms with Gasteiger partial charge < -0.3 is 4.74 Å². The number of fused-ring (bicyclic) bond motifs is 1. The number of benzene rings is 1. The van der Waals surface area contributed by atoms with E-state index in [4.69, 9.17) is 4.74 Å². The van der Waals surface area contributed by atoms with Gasteiger partial charge in [0.2, 0.25) is 0 Å². The zero-order chi connectivity index (χ0) is 13.2. The summed E-state index contributed by atoms with van der Waals surface area (Å²) in [5.41, 5.74) is 3.11. The van der Waals surface area contributed by atoms with E-state index >= 15 is 0 Å².